The van der Waals surface area contributed by atoms with Crippen molar-refractivity contribution in [2.24, 2.45) is 11.5 Å². The van der Waals surface area contributed by atoms with Gasteiger partial charge in [-0.25, -0.2) is 4.79 Å². The van der Waals surface area contributed by atoms with Crippen LogP contribution in [-0.4, -0.2) is 31.2 Å². The van der Waals surface area contributed by atoms with E-state index in [1.54, 1.807) is 0 Å². The Bertz CT molecular complexity index is 776. The molecule has 5 N–H and O–H groups in total. The lowest BCUT2D eigenvalue weighted by atomic mass is 9.98. The van der Waals surface area contributed by atoms with Gasteiger partial charge in [0.1, 0.15) is 12.6 Å². The minimum atomic E-state index is -0.743. The fourth-order valence-electron chi connectivity index (χ4n) is 3.56. The van der Waals surface area contributed by atoms with Gasteiger partial charge in [-0.15, -0.1) is 0 Å². The van der Waals surface area contributed by atoms with E-state index in [1.165, 1.54) is 11.1 Å². The summed E-state index contributed by atoms with van der Waals surface area (Å²) in [5.74, 6) is -0.590. The average molecular weight is 367 g/mol. The van der Waals surface area contributed by atoms with E-state index in [2.05, 4.69) is 29.6 Å². The number of primary amides is 1. The Balaban J connectivity index is 1.64. The van der Waals surface area contributed by atoms with E-state index in [1.807, 2.05) is 24.3 Å². The third-order valence-electron chi connectivity index (χ3n) is 4.93. The van der Waals surface area contributed by atoms with Gasteiger partial charge in [0.2, 0.25) is 5.91 Å². The van der Waals surface area contributed by atoms with Gasteiger partial charge in [0, 0.05) is 5.92 Å². The Morgan fingerprint density at radius 2 is 1.59 bits per heavy atom. The number of ether oxygens (including phenoxy) is 1. The number of carbonyl (C=O) groups excluding carboxylic acids is 2. The maximum absolute atomic E-state index is 12.2. The van der Waals surface area contributed by atoms with Crippen LogP contribution in [-0.2, 0) is 9.53 Å². The largest absolute Gasteiger partial charge is 0.449 e. The van der Waals surface area contributed by atoms with Crippen LogP contribution in [0, 0.1) is 0 Å². The lowest BCUT2D eigenvalue weighted by molar-refractivity contribution is -0.120. The van der Waals surface area contributed by atoms with Crippen LogP contribution in [0.3, 0.4) is 0 Å². The van der Waals surface area contributed by atoms with Crippen molar-refractivity contribution in [1.29, 1.82) is 0 Å². The molecule has 1 aliphatic carbocycles. The zero-order chi connectivity index (χ0) is 19.2. The summed E-state index contributed by atoms with van der Waals surface area (Å²) in [6.45, 7) is 0.741. The third-order valence-corrected chi connectivity index (χ3v) is 4.93. The number of fused-ring (bicyclic) bond motifs is 3. The first-order valence-electron chi connectivity index (χ1n) is 9.22. The molecule has 0 fully saturated rings. The number of unbranched alkanes of at least 4 members (excludes halogenated alkanes) is 1. The second-order valence-electron chi connectivity index (χ2n) is 6.71. The Morgan fingerprint density at radius 1 is 1.00 bits per heavy atom. The SMILES string of the molecule is NCCCCC(NC(=O)OCC1c2ccccc2-c2ccccc21)C(N)=O. The zero-order valence-corrected chi connectivity index (χ0v) is 15.2. The first kappa shape index (κ1) is 18.9. The lowest BCUT2D eigenvalue weighted by Crippen LogP contribution is -2.44. The van der Waals surface area contributed by atoms with Crippen molar-refractivity contribution in [1.82, 2.24) is 5.32 Å². The highest BCUT2D eigenvalue weighted by Crippen LogP contribution is 2.44. The molecule has 0 spiro atoms. The molecule has 2 amide bonds. The van der Waals surface area contributed by atoms with E-state index in [-0.39, 0.29) is 12.5 Å². The molecule has 142 valence electrons. The number of rotatable bonds is 8. The highest BCUT2D eigenvalue weighted by molar-refractivity contribution is 5.84. The molecule has 0 radical (unpaired) electrons. The monoisotopic (exact) mass is 367 g/mol. The number of hydrogen-bond donors (Lipinski definition) is 3. The highest BCUT2D eigenvalue weighted by Gasteiger charge is 2.29. The molecule has 3 rings (SSSR count). The van der Waals surface area contributed by atoms with E-state index in [4.69, 9.17) is 16.2 Å². The van der Waals surface area contributed by atoms with Crippen molar-refractivity contribution < 1.29 is 14.3 Å². The van der Waals surface area contributed by atoms with E-state index in [0.717, 1.165) is 17.5 Å². The van der Waals surface area contributed by atoms with E-state index in [9.17, 15) is 9.59 Å². The van der Waals surface area contributed by atoms with Crippen LogP contribution in [0.25, 0.3) is 11.1 Å². The number of nitrogens with two attached hydrogens (primary N) is 2. The van der Waals surface area contributed by atoms with Crippen molar-refractivity contribution >= 4 is 12.0 Å². The Labute approximate surface area is 158 Å². The van der Waals surface area contributed by atoms with Crippen LogP contribution in [0.5, 0.6) is 0 Å². The van der Waals surface area contributed by atoms with Gasteiger partial charge < -0.3 is 21.5 Å². The molecule has 6 heteroatoms. The molecular weight excluding hydrogens is 342 g/mol. The fourth-order valence-corrected chi connectivity index (χ4v) is 3.56. The summed E-state index contributed by atoms with van der Waals surface area (Å²) in [6.07, 6.45) is 1.31. The molecule has 2 aromatic rings. The van der Waals surface area contributed by atoms with Crippen LogP contribution >= 0.6 is 0 Å². The first-order chi connectivity index (χ1) is 13.1. The van der Waals surface area contributed by atoms with Gasteiger partial charge in [-0.1, -0.05) is 48.5 Å². The minimum absolute atomic E-state index is 0.0209. The molecule has 0 saturated carbocycles. The van der Waals surface area contributed by atoms with Crippen molar-refractivity contribution in [2.75, 3.05) is 13.2 Å². The smallest absolute Gasteiger partial charge is 0.407 e. The number of carbonyl (C=O) groups is 2. The number of alkyl carbamates (subject to hydrolysis) is 1. The molecule has 0 saturated heterocycles. The van der Waals surface area contributed by atoms with Crippen LogP contribution in [0.15, 0.2) is 48.5 Å². The van der Waals surface area contributed by atoms with Crippen LogP contribution in [0.2, 0.25) is 0 Å². The fraction of sp³-hybridized carbons (Fsp3) is 0.333. The predicted molar refractivity (Wildman–Crippen MR) is 104 cm³/mol. The number of nitrogens with one attached hydrogen (secondary N) is 1. The second kappa shape index (κ2) is 8.68. The summed E-state index contributed by atoms with van der Waals surface area (Å²) < 4.78 is 5.44. The summed E-state index contributed by atoms with van der Waals surface area (Å²) in [4.78, 5) is 23.7. The van der Waals surface area contributed by atoms with Crippen LogP contribution in [0.4, 0.5) is 4.79 Å². The van der Waals surface area contributed by atoms with E-state index in [0.29, 0.717) is 19.4 Å². The molecule has 6 nitrogen and oxygen atoms in total. The molecule has 1 aliphatic rings. The summed E-state index contributed by atoms with van der Waals surface area (Å²) in [5.41, 5.74) is 15.4. The summed E-state index contributed by atoms with van der Waals surface area (Å²) in [6, 6.07) is 15.5. The van der Waals surface area contributed by atoms with Gasteiger partial charge in [0.25, 0.3) is 0 Å². The predicted octanol–water partition coefficient (Wildman–Crippen LogP) is 2.51. The van der Waals surface area contributed by atoms with Crippen molar-refractivity contribution in [2.45, 2.75) is 31.2 Å². The summed E-state index contributed by atoms with van der Waals surface area (Å²) in [7, 11) is 0. The molecule has 0 bridgehead atoms. The summed E-state index contributed by atoms with van der Waals surface area (Å²) >= 11 is 0. The number of amides is 2. The van der Waals surface area contributed by atoms with Gasteiger partial charge >= 0.3 is 6.09 Å². The zero-order valence-electron chi connectivity index (χ0n) is 15.2. The second-order valence-corrected chi connectivity index (χ2v) is 6.71. The van der Waals surface area contributed by atoms with Crippen LogP contribution in [0.1, 0.15) is 36.3 Å². The van der Waals surface area contributed by atoms with Gasteiger partial charge in [-0.05, 0) is 48.1 Å². The maximum atomic E-state index is 12.2. The Kier molecular flexibility index (Phi) is 6.08. The topological polar surface area (TPSA) is 107 Å². The molecule has 0 heterocycles. The normalized spacial score (nSPS) is 13.5. The third kappa shape index (κ3) is 4.28. The van der Waals surface area contributed by atoms with Gasteiger partial charge in [0.05, 0.1) is 0 Å². The molecule has 1 atom stereocenters. The van der Waals surface area contributed by atoms with E-state index < -0.39 is 18.0 Å². The van der Waals surface area contributed by atoms with Gasteiger partial charge in [0.15, 0.2) is 0 Å². The van der Waals surface area contributed by atoms with Crippen molar-refractivity contribution in [3.63, 3.8) is 0 Å². The Hall–Kier alpha value is -2.86. The van der Waals surface area contributed by atoms with Crippen LogP contribution < -0.4 is 16.8 Å². The van der Waals surface area contributed by atoms with E-state index >= 15 is 0 Å². The molecular formula is C21H25N3O3. The molecule has 1 unspecified atom stereocenters. The average Bonchev–Trinajstić information content (AvgIpc) is 2.99. The maximum Gasteiger partial charge on any atom is 0.407 e. The number of hydrogen-bond acceptors (Lipinski definition) is 4. The van der Waals surface area contributed by atoms with Gasteiger partial charge in [-0.2, -0.15) is 0 Å². The van der Waals surface area contributed by atoms with Crippen molar-refractivity contribution in [3.05, 3.63) is 59.7 Å². The lowest BCUT2D eigenvalue weighted by Gasteiger charge is -2.18. The molecule has 2 aromatic carbocycles. The molecule has 0 aliphatic heterocycles. The summed E-state index contributed by atoms with van der Waals surface area (Å²) in [5, 5.41) is 2.57. The van der Waals surface area contributed by atoms with Crippen molar-refractivity contribution in [3.8, 4) is 11.1 Å². The minimum Gasteiger partial charge on any atom is -0.449 e. The molecule has 27 heavy (non-hydrogen) atoms. The quantitative estimate of drug-likeness (QED) is 0.623. The number of benzene rings is 2. The Morgan fingerprint density at radius 3 is 2.15 bits per heavy atom. The highest BCUT2D eigenvalue weighted by atomic mass is 16.5. The first-order valence-corrected chi connectivity index (χ1v) is 9.22. The standard InChI is InChI=1S/C21H25N3O3/c22-12-6-5-11-19(20(23)25)24-21(26)27-13-18-16-9-3-1-7-14(16)15-8-2-4-10-17(15)18/h1-4,7-10,18-19H,5-6,11-13,22H2,(H2,23,25)(H,24,26). The molecule has 0 aromatic heterocycles. The van der Waals surface area contributed by atoms with Gasteiger partial charge in [-0.3, -0.25) is 4.79 Å².